The van der Waals surface area contributed by atoms with Gasteiger partial charge in [0.2, 0.25) is 5.43 Å². The first kappa shape index (κ1) is 17.6. The van der Waals surface area contributed by atoms with Crippen LogP contribution in [0.25, 0.3) is 10.9 Å². The highest BCUT2D eigenvalue weighted by molar-refractivity contribution is 5.93. The van der Waals surface area contributed by atoms with Crippen LogP contribution in [0.1, 0.15) is 42.1 Å². The largest absolute Gasteiger partial charge is 0.477 e. The molecule has 1 aromatic carbocycles. The van der Waals surface area contributed by atoms with E-state index in [1.165, 1.54) is 12.3 Å². The molecule has 0 bridgehead atoms. The van der Waals surface area contributed by atoms with E-state index in [0.717, 1.165) is 12.8 Å². The van der Waals surface area contributed by atoms with Gasteiger partial charge in [0, 0.05) is 43.6 Å². The van der Waals surface area contributed by atoms with Crippen molar-refractivity contribution in [2.24, 2.45) is 0 Å². The fraction of sp³-hybridized carbons (Fsp3) is 0.500. The Labute approximate surface area is 160 Å². The normalized spacial score (nSPS) is 21.5. The number of fused-ring (bicyclic) bond motifs is 1. The number of aromatic carboxylic acids is 1. The molecule has 0 atom stereocenters. The highest BCUT2D eigenvalue weighted by atomic mass is 19.1. The summed E-state index contributed by atoms with van der Waals surface area (Å²) < 4.78 is 28.2. The zero-order valence-corrected chi connectivity index (χ0v) is 15.3. The van der Waals surface area contributed by atoms with E-state index < -0.39 is 23.0 Å². The third kappa shape index (κ3) is 2.79. The van der Waals surface area contributed by atoms with E-state index in [9.17, 15) is 19.1 Å². The van der Waals surface area contributed by atoms with Gasteiger partial charge >= 0.3 is 5.97 Å². The second kappa shape index (κ2) is 6.28. The van der Waals surface area contributed by atoms with Crippen molar-refractivity contribution in [3.63, 3.8) is 0 Å². The standard InChI is InChI=1S/C20H21FN2O5/c21-15-9-13-16(23(12-1-2-12)11-14(18(13)24)19(25)26)10-17(15)22-5-3-20(4-6-22)27-7-8-28-20/h9-12H,1-8H2,(H,25,26). The number of ether oxygens (including phenoxy) is 2. The summed E-state index contributed by atoms with van der Waals surface area (Å²) in [4.78, 5) is 26.0. The van der Waals surface area contributed by atoms with Crippen LogP contribution in [0.4, 0.5) is 10.1 Å². The van der Waals surface area contributed by atoms with Gasteiger partial charge in [-0.1, -0.05) is 0 Å². The molecule has 2 aromatic rings. The number of piperidine rings is 1. The molecule has 0 amide bonds. The van der Waals surface area contributed by atoms with Gasteiger partial charge in [-0.25, -0.2) is 9.18 Å². The number of benzene rings is 1. The van der Waals surface area contributed by atoms with E-state index >= 15 is 0 Å². The Bertz CT molecular complexity index is 1010. The van der Waals surface area contributed by atoms with E-state index in [2.05, 4.69) is 0 Å². The summed E-state index contributed by atoms with van der Waals surface area (Å²) in [6.07, 6.45) is 4.54. The SMILES string of the molecule is O=C(O)c1cn(C2CC2)c2cc(N3CCC4(CC3)OCCO4)c(F)cc2c1=O. The average molecular weight is 388 g/mol. The predicted molar refractivity (Wildman–Crippen MR) is 99.5 cm³/mol. The minimum Gasteiger partial charge on any atom is -0.477 e. The minimum absolute atomic E-state index is 0.115. The van der Waals surface area contributed by atoms with Gasteiger partial charge in [0.25, 0.3) is 0 Å². The van der Waals surface area contributed by atoms with Crippen molar-refractivity contribution in [2.45, 2.75) is 37.5 Å². The molecular weight excluding hydrogens is 367 g/mol. The molecule has 0 radical (unpaired) electrons. The number of hydrogen-bond donors (Lipinski definition) is 1. The molecule has 2 saturated heterocycles. The van der Waals surface area contributed by atoms with Crippen LogP contribution in [0.3, 0.4) is 0 Å². The molecule has 1 saturated carbocycles. The van der Waals surface area contributed by atoms with E-state index in [1.807, 2.05) is 9.47 Å². The van der Waals surface area contributed by atoms with E-state index in [1.54, 1.807) is 6.07 Å². The number of anilines is 1. The Morgan fingerprint density at radius 2 is 1.86 bits per heavy atom. The van der Waals surface area contributed by atoms with Crippen molar-refractivity contribution in [1.29, 1.82) is 0 Å². The second-order valence-corrected chi connectivity index (χ2v) is 7.73. The van der Waals surface area contributed by atoms with Gasteiger partial charge in [0.1, 0.15) is 11.4 Å². The lowest BCUT2D eigenvalue weighted by molar-refractivity contribution is -0.169. The number of aromatic nitrogens is 1. The van der Waals surface area contributed by atoms with Gasteiger partial charge < -0.3 is 24.0 Å². The van der Waals surface area contributed by atoms with Crippen molar-refractivity contribution in [1.82, 2.24) is 4.57 Å². The first-order valence-electron chi connectivity index (χ1n) is 9.62. The smallest absolute Gasteiger partial charge is 0.341 e. The molecule has 3 aliphatic rings. The van der Waals surface area contributed by atoms with Crippen molar-refractivity contribution >= 4 is 22.6 Å². The number of hydrogen-bond acceptors (Lipinski definition) is 5. The molecule has 5 rings (SSSR count). The number of halogens is 1. The number of carbonyl (C=O) groups is 1. The Morgan fingerprint density at radius 1 is 1.18 bits per heavy atom. The number of pyridine rings is 1. The summed E-state index contributed by atoms with van der Waals surface area (Å²) in [5.41, 5.74) is 0.0528. The molecule has 2 aliphatic heterocycles. The average Bonchev–Trinajstić information content (AvgIpc) is 3.43. The molecule has 1 aliphatic carbocycles. The molecule has 148 valence electrons. The molecule has 3 fully saturated rings. The lowest BCUT2D eigenvalue weighted by Crippen LogP contribution is -2.45. The first-order valence-corrected chi connectivity index (χ1v) is 9.62. The molecule has 3 heterocycles. The highest BCUT2D eigenvalue weighted by Gasteiger charge is 2.40. The summed E-state index contributed by atoms with van der Waals surface area (Å²) in [6.45, 7) is 2.35. The Balaban J connectivity index is 1.57. The van der Waals surface area contributed by atoms with Gasteiger partial charge in [-0.2, -0.15) is 0 Å². The summed E-state index contributed by atoms with van der Waals surface area (Å²) in [5.74, 6) is -2.35. The maximum absolute atomic E-state index is 14.9. The minimum atomic E-state index is -1.29. The van der Waals surface area contributed by atoms with Crippen molar-refractivity contribution in [2.75, 3.05) is 31.2 Å². The van der Waals surface area contributed by atoms with Crippen LogP contribution in [0, 0.1) is 5.82 Å². The topological polar surface area (TPSA) is 81.0 Å². The summed E-state index contributed by atoms with van der Waals surface area (Å²) >= 11 is 0. The van der Waals surface area contributed by atoms with E-state index in [-0.39, 0.29) is 17.0 Å². The summed E-state index contributed by atoms with van der Waals surface area (Å²) in [7, 11) is 0. The van der Waals surface area contributed by atoms with Crippen LogP contribution in [0.2, 0.25) is 0 Å². The fourth-order valence-electron chi connectivity index (χ4n) is 4.28. The molecule has 7 nitrogen and oxygen atoms in total. The molecule has 1 spiro atoms. The Morgan fingerprint density at radius 3 is 2.46 bits per heavy atom. The number of carboxylic acids is 1. The van der Waals surface area contributed by atoms with Crippen molar-refractivity contribution in [3.05, 3.63) is 39.9 Å². The number of rotatable bonds is 3. The van der Waals surface area contributed by atoms with Crippen molar-refractivity contribution in [3.8, 4) is 0 Å². The van der Waals surface area contributed by atoms with Crippen LogP contribution in [0.5, 0.6) is 0 Å². The van der Waals surface area contributed by atoms with Gasteiger partial charge in [0.15, 0.2) is 5.79 Å². The van der Waals surface area contributed by atoms with Crippen LogP contribution in [0.15, 0.2) is 23.1 Å². The van der Waals surface area contributed by atoms with E-state index in [4.69, 9.17) is 9.47 Å². The van der Waals surface area contributed by atoms with Crippen LogP contribution < -0.4 is 10.3 Å². The lowest BCUT2D eigenvalue weighted by Gasteiger charge is -2.38. The predicted octanol–water partition coefficient (Wildman–Crippen LogP) is 2.52. The maximum atomic E-state index is 14.9. The van der Waals surface area contributed by atoms with Crippen LogP contribution >= 0.6 is 0 Å². The van der Waals surface area contributed by atoms with Gasteiger partial charge in [-0.05, 0) is 25.0 Å². The molecule has 8 heteroatoms. The molecule has 28 heavy (non-hydrogen) atoms. The molecule has 1 N–H and O–H groups in total. The van der Waals surface area contributed by atoms with Gasteiger partial charge in [-0.3, -0.25) is 4.79 Å². The molecule has 1 aromatic heterocycles. The maximum Gasteiger partial charge on any atom is 0.341 e. The Kier molecular flexibility index (Phi) is 3.96. The van der Waals surface area contributed by atoms with Gasteiger partial charge in [-0.15, -0.1) is 0 Å². The fourth-order valence-corrected chi connectivity index (χ4v) is 4.28. The monoisotopic (exact) mass is 388 g/mol. The molecule has 0 unspecified atom stereocenters. The van der Waals surface area contributed by atoms with Gasteiger partial charge in [0.05, 0.1) is 24.4 Å². The third-order valence-electron chi connectivity index (χ3n) is 5.95. The third-order valence-corrected chi connectivity index (χ3v) is 5.95. The number of nitrogens with zero attached hydrogens (tertiary/aromatic N) is 2. The number of carboxylic acid groups (broad SMARTS) is 1. The first-order chi connectivity index (χ1) is 13.5. The zero-order valence-electron chi connectivity index (χ0n) is 15.3. The zero-order chi connectivity index (χ0) is 19.5. The lowest BCUT2D eigenvalue weighted by atomic mass is 10.0. The van der Waals surface area contributed by atoms with Crippen LogP contribution in [-0.2, 0) is 9.47 Å². The van der Waals surface area contributed by atoms with Crippen molar-refractivity contribution < 1.29 is 23.8 Å². The summed E-state index contributed by atoms with van der Waals surface area (Å²) in [6, 6.07) is 3.03. The Hall–Kier alpha value is -2.45. The second-order valence-electron chi connectivity index (χ2n) is 7.73. The van der Waals surface area contributed by atoms with E-state index in [0.29, 0.717) is 50.3 Å². The highest BCUT2D eigenvalue weighted by Crippen LogP contribution is 2.39. The quantitative estimate of drug-likeness (QED) is 0.870. The summed E-state index contributed by atoms with van der Waals surface area (Å²) in [5, 5.41) is 9.46. The molecular formula is C20H21FN2O5. The van der Waals surface area contributed by atoms with Crippen LogP contribution in [-0.4, -0.2) is 47.7 Å².